The lowest BCUT2D eigenvalue weighted by Gasteiger charge is -2.26. The summed E-state index contributed by atoms with van der Waals surface area (Å²) in [4.78, 5) is 18.1. The van der Waals surface area contributed by atoms with Crippen molar-refractivity contribution >= 4 is 22.6 Å². The second-order valence-electron chi connectivity index (χ2n) is 8.71. The number of nitrogens with zero attached hydrogens (tertiary/aromatic N) is 3. The molecule has 2 aromatic heterocycles. The summed E-state index contributed by atoms with van der Waals surface area (Å²) in [6.07, 6.45) is 6.38. The zero-order valence-corrected chi connectivity index (χ0v) is 19.5. The van der Waals surface area contributed by atoms with E-state index in [4.69, 9.17) is 0 Å². The lowest BCUT2D eigenvalue weighted by Crippen LogP contribution is -2.36. The van der Waals surface area contributed by atoms with Gasteiger partial charge >= 0.3 is 0 Å². The van der Waals surface area contributed by atoms with E-state index >= 15 is 0 Å². The zero-order valence-electron chi connectivity index (χ0n) is 19.5. The van der Waals surface area contributed by atoms with E-state index in [1.54, 1.807) is 6.20 Å². The van der Waals surface area contributed by atoms with Crippen molar-refractivity contribution in [3.8, 4) is 0 Å². The van der Waals surface area contributed by atoms with Crippen molar-refractivity contribution in [2.75, 3.05) is 18.4 Å². The molecule has 0 aliphatic carbocycles. The minimum atomic E-state index is -0.105. The van der Waals surface area contributed by atoms with Crippen LogP contribution < -0.4 is 16.0 Å². The van der Waals surface area contributed by atoms with Gasteiger partial charge in [0.1, 0.15) is 0 Å². The van der Waals surface area contributed by atoms with E-state index in [2.05, 4.69) is 65.0 Å². The first-order chi connectivity index (χ1) is 15.5. The van der Waals surface area contributed by atoms with Gasteiger partial charge in [0.2, 0.25) is 0 Å². The van der Waals surface area contributed by atoms with Crippen LogP contribution in [0.15, 0.2) is 30.6 Å². The molecule has 1 amide bonds. The van der Waals surface area contributed by atoms with Gasteiger partial charge in [0.15, 0.2) is 5.65 Å². The highest BCUT2D eigenvalue weighted by Gasteiger charge is 2.24. The van der Waals surface area contributed by atoms with Gasteiger partial charge in [0.25, 0.3) is 5.91 Å². The summed E-state index contributed by atoms with van der Waals surface area (Å²) in [5.74, 6) is -0.105. The van der Waals surface area contributed by atoms with E-state index in [0.29, 0.717) is 11.6 Å². The van der Waals surface area contributed by atoms with Crippen LogP contribution in [0.2, 0.25) is 0 Å². The molecule has 1 atom stereocenters. The van der Waals surface area contributed by atoms with Gasteiger partial charge in [-0.25, -0.2) is 9.67 Å². The highest BCUT2D eigenvalue weighted by molar-refractivity contribution is 6.06. The Labute approximate surface area is 190 Å². The third kappa shape index (κ3) is 4.48. The number of aromatic nitrogens is 3. The molecule has 0 saturated carbocycles. The molecule has 32 heavy (non-hydrogen) atoms. The maximum Gasteiger partial charge on any atom is 0.255 e. The van der Waals surface area contributed by atoms with Crippen molar-refractivity contribution < 1.29 is 4.79 Å². The third-order valence-corrected chi connectivity index (χ3v) is 6.41. The molecule has 1 aliphatic rings. The second-order valence-corrected chi connectivity index (χ2v) is 8.71. The minimum absolute atomic E-state index is 0.0520. The Bertz CT molecular complexity index is 1100. The van der Waals surface area contributed by atoms with Crippen LogP contribution in [-0.4, -0.2) is 39.8 Å². The number of fused-ring (bicyclic) bond motifs is 1. The Morgan fingerprint density at radius 2 is 2.00 bits per heavy atom. The molecule has 3 heterocycles. The minimum Gasteiger partial charge on any atom is -0.381 e. The van der Waals surface area contributed by atoms with Crippen LogP contribution in [0.5, 0.6) is 0 Å². The van der Waals surface area contributed by atoms with Crippen LogP contribution in [0, 0.1) is 13.8 Å². The van der Waals surface area contributed by atoms with Gasteiger partial charge in [0.05, 0.1) is 28.9 Å². The number of hydrogen-bond acceptors (Lipinski definition) is 5. The van der Waals surface area contributed by atoms with Crippen LogP contribution in [0.4, 0.5) is 5.69 Å². The number of benzene rings is 1. The van der Waals surface area contributed by atoms with E-state index < -0.39 is 0 Å². The fourth-order valence-corrected chi connectivity index (χ4v) is 4.61. The smallest absolute Gasteiger partial charge is 0.255 e. The van der Waals surface area contributed by atoms with Crippen LogP contribution in [0.25, 0.3) is 11.0 Å². The highest BCUT2D eigenvalue weighted by Crippen LogP contribution is 2.29. The normalized spacial score (nSPS) is 15.6. The third-order valence-electron chi connectivity index (χ3n) is 6.41. The van der Waals surface area contributed by atoms with Gasteiger partial charge < -0.3 is 16.0 Å². The standard InChI is InChI=1S/C25H34N6O/c1-5-22(19-8-7-16(3)13-17(19)4)30-25(32)21-14-27-24-20(15-28-31(24)6-2)23(21)29-18-9-11-26-12-10-18/h7-8,13-15,18,22,26H,5-6,9-12H2,1-4H3,(H,27,29)(H,30,32). The molecule has 170 valence electrons. The monoisotopic (exact) mass is 434 g/mol. The maximum atomic E-state index is 13.5. The van der Waals surface area contributed by atoms with Crippen LogP contribution >= 0.6 is 0 Å². The van der Waals surface area contributed by atoms with E-state index in [1.807, 2.05) is 17.8 Å². The fourth-order valence-electron chi connectivity index (χ4n) is 4.61. The van der Waals surface area contributed by atoms with E-state index in [1.165, 1.54) is 11.1 Å². The number of rotatable bonds is 7. The molecule has 0 bridgehead atoms. The van der Waals surface area contributed by atoms with Gasteiger partial charge in [-0.2, -0.15) is 5.10 Å². The summed E-state index contributed by atoms with van der Waals surface area (Å²) in [5, 5.41) is 15.7. The Balaban J connectivity index is 1.68. The molecular formula is C25H34N6O. The molecule has 7 nitrogen and oxygen atoms in total. The number of carbonyl (C=O) groups excluding carboxylic acids is 1. The highest BCUT2D eigenvalue weighted by atomic mass is 16.1. The summed E-state index contributed by atoms with van der Waals surface area (Å²) >= 11 is 0. The van der Waals surface area contributed by atoms with Crippen LogP contribution in [-0.2, 0) is 6.54 Å². The van der Waals surface area contributed by atoms with E-state index in [-0.39, 0.29) is 11.9 Å². The predicted molar refractivity (Wildman–Crippen MR) is 129 cm³/mol. The second kappa shape index (κ2) is 9.69. The van der Waals surface area contributed by atoms with Gasteiger partial charge in [-0.1, -0.05) is 30.7 Å². The lowest BCUT2D eigenvalue weighted by molar-refractivity contribution is 0.0936. The number of piperidine rings is 1. The van der Waals surface area contributed by atoms with Crippen molar-refractivity contribution in [2.24, 2.45) is 0 Å². The summed E-state index contributed by atoms with van der Waals surface area (Å²) in [6, 6.07) is 6.67. The van der Waals surface area contributed by atoms with Crippen LogP contribution in [0.1, 0.15) is 66.2 Å². The quantitative estimate of drug-likeness (QED) is 0.521. The van der Waals surface area contributed by atoms with Crippen molar-refractivity contribution in [3.63, 3.8) is 0 Å². The summed E-state index contributed by atoms with van der Waals surface area (Å²) in [5.41, 5.74) is 5.81. The first-order valence-electron chi connectivity index (χ1n) is 11.7. The zero-order chi connectivity index (χ0) is 22.7. The van der Waals surface area contributed by atoms with Crippen LogP contribution in [0.3, 0.4) is 0 Å². The van der Waals surface area contributed by atoms with Crippen molar-refractivity contribution in [1.82, 2.24) is 25.4 Å². The number of anilines is 1. The molecular weight excluding hydrogens is 400 g/mol. The molecule has 1 aromatic carbocycles. The molecule has 0 spiro atoms. The molecule has 3 aromatic rings. The number of aryl methyl sites for hydroxylation is 3. The molecule has 1 fully saturated rings. The van der Waals surface area contributed by atoms with Crippen molar-refractivity contribution in [1.29, 1.82) is 0 Å². The molecule has 1 saturated heterocycles. The molecule has 4 rings (SSSR count). The summed E-state index contributed by atoms with van der Waals surface area (Å²) < 4.78 is 1.87. The number of nitrogens with one attached hydrogen (secondary N) is 3. The van der Waals surface area contributed by atoms with Crippen molar-refractivity contribution in [2.45, 2.75) is 65.6 Å². The molecule has 1 aliphatic heterocycles. The molecule has 0 radical (unpaired) electrons. The predicted octanol–water partition coefficient (Wildman–Crippen LogP) is 4.11. The summed E-state index contributed by atoms with van der Waals surface area (Å²) in [7, 11) is 0. The Morgan fingerprint density at radius 3 is 2.69 bits per heavy atom. The van der Waals surface area contributed by atoms with Gasteiger partial charge in [-0.15, -0.1) is 0 Å². The number of amides is 1. The first-order valence-corrected chi connectivity index (χ1v) is 11.7. The van der Waals surface area contributed by atoms with E-state index in [0.717, 1.165) is 61.2 Å². The lowest BCUT2D eigenvalue weighted by atomic mass is 9.97. The first kappa shape index (κ1) is 22.3. The van der Waals surface area contributed by atoms with E-state index in [9.17, 15) is 4.79 Å². The number of carbonyl (C=O) groups is 1. The SMILES string of the molecule is CCC(NC(=O)c1cnc2c(cnn2CC)c1NC1CCNCC1)c1ccc(C)cc1C. The number of hydrogen-bond donors (Lipinski definition) is 3. The average molecular weight is 435 g/mol. The van der Waals surface area contributed by atoms with Gasteiger partial charge in [-0.05, 0) is 64.3 Å². The summed E-state index contributed by atoms with van der Waals surface area (Å²) in [6.45, 7) is 11.0. The largest absolute Gasteiger partial charge is 0.381 e. The maximum absolute atomic E-state index is 13.5. The topological polar surface area (TPSA) is 83.9 Å². The van der Waals surface area contributed by atoms with Gasteiger partial charge in [0, 0.05) is 18.8 Å². The Hall–Kier alpha value is -2.93. The Morgan fingerprint density at radius 1 is 1.22 bits per heavy atom. The van der Waals surface area contributed by atoms with Crippen molar-refractivity contribution in [3.05, 3.63) is 52.8 Å². The molecule has 7 heteroatoms. The Kier molecular flexibility index (Phi) is 6.74. The average Bonchev–Trinajstić information content (AvgIpc) is 3.22. The van der Waals surface area contributed by atoms with Gasteiger partial charge in [-0.3, -0.25) is 4.79 Å². The molecule has 3 N–H and O–H groups in total. The number of pyridine rings is 1. The molecule has 1 unspecified atom stereocenters. The fraction of sp³-hybridized carbons (Fsp3) is 0.480.